The average molecular weight is 434 g/mol. The summed E-state index contributed by atoms with van der Waals surface area (Å²) in [4.78, 5) is 53.2. The quantitative estimate of drug-likeness (QED) is 0.583. The Morgan fingerprint density at radius 2 is 1.75 bits per heavy atom. The molecule has 2 aromatic carbocycles. The van der Waals surface area contributed by atoms with Crippen molar-refractivity contribution in [3.05, 3.63) is 70.0 Å². The molecule has 3 N–H and O–H groups in total. The van der Waals surface area contributed by atoms with E-state index in [4.69, 9.17) is 4.74 Å². The van der Waals surface area contributed by atoms with E-state index in [1.165, 1.54) is 13.0 Å². The van der Waals surface area contributed by atoms with E-state index >= 15 is 0 Å². The van der Waals surface area contributed by atoms with Gasteiger partial charge < -0.3 is 25.3 Å². The van der Waals surface area contributed by atoms with Crippen LogP contribution in [0.15, 0.2) is 53.3 Å². The van der Waals surface area contributed by atoms with Crippen LogP contribution in [0.25, 0.3) is 10.9 Å². The summed E-state index contributed by atoms with van der Waals surface area (Å²) in [7, 11) is 0. The normalized spacial score (nSPS) is 13.6. The lowest BCUT2D eigenvalue weighted by atomic mass is 10.1. The number of benzene rings is 2. The first-order valence-electron chi connectivity index (χ1n) is 10.1. The summed E-state index contributed by atoms with van der Waals surface area (Å²) in [5.41, 5.74) is 1.45. The molecular weight excluding hydrogens is 412 g/mol. The second kappa shape index (κ2) is 9.03. The summed E-state index contributed by atoms with van der Waals surface area (Å²) in [5.74, 6) is -0.938. The van der Waals surface area contributed by atoms with Gasteiger partial charge in [-0.25, -0.2) is 0 Å². The number of hydrogen-bond acceptors (Lipinski definition) is 5. The highest BCUT2D eigenvalue weighted by atomic mass is 16.5. The predicted octanol–water partition coefficient (Wildman–Crippen LogP) is 2.56. The molecular formula is C23H22N4O5. The number of carbonyl (C=O) groups excluding carboxylic acids is 3. The number of anilines is 2. The van der Waals surface area contributed by atoms with Crippen LogP contribution in [0.2, 0.25) is 0 Å². The third-order valence-corrected chi connectivity index (χ3v) is 5.05. The Balaban J connectivity index is 1.51. The minimum absolute atomic E-state index is 0.0666. The number of aromatic nitrogens is 1. The van der Waals surface area contributed by atoms with Crippen molar-refractivity contribution in [3.8, 4) is 0 Å². The molecule has 32 heavy (non-hydrogen) atoms. The molecule has 4 rings (SSSR count). The number of nitrogens with zero attached hydrogens (tertiary/aromatic N) is 1. The molecule has 0 unspecified atom stereocenters. The maximum absolute atomic E-state index is 12.7. The molecule has 0 aliphatic carbocycles. The van der Waals surface area contributed by atoms with E-state index < -0.39 is 11.5 Å². The van der Waals surface area contributed by atoms with Crippen LogP contribution < -0.4 is 16.2 Å². The van der Waals surface area contributed by atoms with Gasteiger partial charge in [-0.2, -0.15) is 0 Å². The van der Waals surface area contributed by atoms with Crippen molar-refractivity contribution in [2.45, 2.75) is 13.3 Å². The SMILES string of the molecule is CC(=O)Nc1ccc2[nH]c(=O)c(C(=O)Nc3ccc(C(=O)N4CCCOC4)cc3)cc2c1. The standard InChI is InChI=1S/C23H22N4O5/c1-14(28)24-18-7-8-20-16(11-18)12-19(22(30)26-20)21(29)25-17-5-3-15(4-6-17)23(31)27-9-2-10-32-13-27/h3-8,11-12H,2,9-10,13H2,1H3,(H,24,28)(H,25,29)(H,26,30). The van der Waals surface area contributed by atoms with Crippen molar-refractivity contribution in [2.75, 3.05) is 30.5 Å². The Morgan fingerprint density at radius 1 is 1.00 bits per heavy atom. The summed E-state index contributed by atoms with van der Waals surface area (Å²) in [6.07, 6.45) is 0.798. The molecule has 1 aliphatic heterocycles. The first-order chi connectivity index (χ1) is 15.4. The van der Waals surface area contributed by atoms with Crippen molar-refractivity contribution in [1.29, 1.82) is 0 Å². The van der Waals surface area contributed by atoms with Gasteiger partial charge in [-0.3, -0.25) is 19.2 Å². The van der Waals surface area contributed by atoms with E-state index in [0.717, 1.165) is 6.42 Å². The van der Waals surface area contributed by atoms with Crippen LogP contribution in [0.4, 0.5) is 11.4 Å². The molecule has 0 saturated carbocycles. The van der Waals surface area contributed by atoms with E-state index in [1.54, 1.807) is 47.4 Å². The highest BCUT2D eigenvalue weighted by Crippen LogP contribution is 2.19. The van der Waals surface area contributed by atoms with Crippen LogP contribution in [0.5, 0.6) is 0 Å². The van der Waals surface area contributed by atoms with Gasteiger partial charge in [0.25, 0.3) is 17.4 Å². The Morgan fingerprint density at radius 3 is 2.44 bits per heavy atom. The zero-order valence-electron chi connectivity index (χ0n) is 17.4. The first-order valence-corrected chi connectivity index (χ1v) is 10.1. The Bertz CT molecular complexity index is 1240. The highest BCUT2D eigenvalue weighted by molar-refractivity contribution is 6.06. The zero-order chi connectivity index (χ0) is 22.7. The molecule has 2 heterocycles. The average Bonchev–Trinajstić information content (AvgIpc) is 2.79. The molecule has 9 nitrogen and oxygen atoms in total. The van der Waals surface area contributed by atoms with Gasteiger partial charge in [0.15, 0.2) is 0 Å². The van der Waals surface area contributed by atoms with Crippen LogP contribution in [-0.2, 0) is 9.53 Å². The molecule has 3 amide bonds. The molecule has 1 saturated heterocycles. The van der Waals surface area contributed by atoms with E-state index in [0.29, 0.717) is 41.0 Å². The monoisotopic (exact) mass is 434 g/mol. The maximum atomic E-state index is 12.7. The van der Waals surface area contributed by atoms with Crippen molar-refractivity contribution in [3.63, 3.8) is 0 Å². The van der Waals surface area contributed by atoms with Gasteiger partial charge in [-0.1, -0.05) is 0 Å². The number of amides is 3. The topological polar surface area (TPSA) is 121 Å². The minimum atomic E-state index is -0.582. The number of ether oxygens (including phenoxy) is 1. The van der Waals surface area contributed by atoms with Gasteiger partial charge >= 0.3 is 0 Å². The van der Waals surface area contributed by atoms with E-state index in [-0.39, 0.29) is 24.1 Å². The zero-order valence-corrected chi connectivity index (χ0v) is 17.4. The number of hydrogen-bond donors (Lipinski definition) is 3. The van der Waals surface area contributed by atoms with Gasteiger partial charge in [-0.15, -0.1) is 0 Å². The summed E-state index contributed by atoms with van der Waals surface area (Å²) in [5, 5.41) is 5.95. The predicted molar refractivity (Wildman–Crippen MR) is 120 cm³/mol. The maximum Gasteiger partial charge on any atom is 0.261 e. The summed E-state index contributed by atoms with van der Waals surface area (Å²) in [6, 6.07) is 12.9. The van der Waals surface area contributed by atoms with Crippen molar-refractivity contribution < 1.29 is 19.1 Å². The van der Waals surface area contributed by atoms with Crippen LogP contribution in [0, 0.1) is 0 Å². The molecule has 1 aliphatic rings. The molecule has 1 aromatic heterocycles. The molecule has 0 bridgehead atoms. The summed E-state index contributed by atoms with van der Waals surface area (Å²) < 4.78 is 5.31. The van der Waals surface area contributed by atoms with Crippen LogP contribution >= 0.6 is 0 Å². The molecule has 0 atom stereocenters. The summed E-state index contributed by atoms with van der Waals surface area (Å²) >= 11 is 0. The third-order valence-electron chi connectivity index (χ3n) is 5.05. The second-order valence-electron chi connectivity index (χ2n) is 7.49. The fourth-order valence-electron chi connectivity index (χ4n) is 3.49. The number of H-pyrrole nitrogens is 1. The molecule has 0 spiro atoms. The number of rotatable bonds is 4. The molecule has 164 valence electrons. The second-order valence-corrected chi connectivity index (χ2v) is 7.49. The van der Waals surface area contributed by atoms with Crippen LogP contribution in [0.1, 0.15) is 34.1 Å². The minimum Gasteiger partial charge on any atom is -0.361 e. The molecule has 3 aromatic rings. The van der Waals surface area contributed by atoms with Crippen LogP contribution in [0.3, 0.4) is 0 Å². The van der Waals surface area contributed by atoms with Crippen LogP contribution in [-0.4, -0.2) is 47.5 Å². The molecule has 0 radical (unpaired) electrons. The van der Waals surface area contributed by atoms with Gasteiger partial charge in [0.05, 0.1) is 6.61 Å². The lowest BCUT2D eigenvalue weighted by molar-refractivity contribution is -0.114. The van der Waals surface area contributed by atoms with E-state index in [1.807, 2.05) is 0 Å². The Labute approximate surface area is 183 Å². The van der Waals surface area contributed by atoms with Crippen molar-refractivity contribution >= 4 is 40.0 Å². The van der Waals surface area contributed by atoms with Gasteiger partial charge in [0.1, 0.15) is 12.3 Å². The first kappa shape index (κ1) is 21.3. The summed E-state index contributed by atoms with van der Waals surface area (Å²) in [6.45, 7) is 2.96. The largest absolute Gasteiger partial charge is 0.361 e. The number of nitrogens with one attached hydrogen (secondary N) is 3. The van der Waals surface area contributed by atoms with Crippen molar-refractivity contribution in [2.24, 2.45) is 0 Å². The number of fused-ring (bicyclic) bond motifs is 1. The van der Waals surface area contributed by atoms with E-state index in [2.05, 4.69) is 15.6 Å². The van der Waals surface area contributed by atoms with Gasteiger partial charge in [0, 0.05) is 41.3 Å². The molecule has 1 fully saturated rings. The lowest BCUT2D eigenvalue weighted by Gasteiger charge is -2.26. The third kappa shape index (κ3) is 4.68. The lowest BCUT2D eigenvalue weighted by Crippen LogP contribution is -2.38. The highest BCUT2D eigenvalue weighted by Gasteiger charge is 2.19. The number of pyridine rings is 1. The molecule has 9 heteroatoms. The Kier molecular flexibility index (Phi) is 6.00. The Hall–Kier alpha value is -3.98. The number of carbonyl (C=O) groups is 3. The van der Waals surface area contributed by atoms with Gasteiger partial charge in [-0.05, 0) is 55.0 Å². The fraction of sp³-hybridized carbons (Fsp3) is 0.217. The smallest absolute Gasteiger partial charge is 0.261 e. The van der Waals surface area contributed by atoms with E-state index in [9.17, 15) is 19.2 Å². The van der Waals surface area contributed by atoms with Gasteiger partial charge in [0.2, 0.25) is 5.91 Å². The van der Waals surface area contributed by atoms with Crippen molar-refractivity contribution in [1.82, 2.24) is 9.88 Å². The fourth-order valence-corrected chi connectivity index (χ4v) is 3.49. The number of aromatic amines is 1.